The molecule has 5 nitrogen and oxygen atoms in total. The number of carbonyl (C=O) groups is 3. The Morgan fingerprint density at radius 3 is 2.74 bits per heavy atom. The Kier molecular flexibility index (Phi) is 6.11. The number of hydrogen-bond donors (Lipinski definition) is 0. The predicted molar refractivity (Wildman–Crippen MR) is 94.1 cm³/mol. The molecule has 0 bridgehead atoms. The van der Waals surface area contributed by atoms with Crippen LogP contribution in [0, 0.1) is 5.92 Å². The highest BCUT2D eigenvalue weighted by atomic mass is 79.9. The van der Waals surface area contributed by atoms with Crippen LogP contribution in [-0.2, 0) is 14.3 Å². The van der Waals surface area contributed by atoms with E-state index in [4.69, 9.17) is 11.6 Å². The number of anilines is 1. The first-order valence-electron chi connectivity index (χ1n) is 6.84. The number of benzene rings is 1. The Balaban J connectivity index is 2.23. The Morgan fingerprint density at radius 2 is 2.17 bits per heavy atom. The lowest BCUT2D eigenvalue weighted by Gasteiger charge is -2.20. The van der Waals surface area contributed by atoms with Crippen molar-refractivity contribution in [2.45, 2.75) is 13.3 Å². The zero-order valence-electron chi connectivity index (χ0n) is 12.6. The summed E-state index contributed by atoms with van der Waals surface area (Å²) in [6.45, 7) is 2.01. The number of nitrogens with zero attached hydrogens (tertiary/aromatic N) is 1. The molecule has 0 spiro atoms. The van der Waals surface area contributed by atoms with Crippen LogP contribution in [0.1, 0.15) is 23.7 Å². The van der Waals surface area contributed by atoms with E-state index in [1.807, 2.05) is 0 Å². The molecule has 8 heteroatoms. The summed E-state index contributed by atoms with van der Waals surface area (Å²) in [5.74, 6) is 0.155. The maximum atomic E-state index is 12.3. The van der Waals surface area contributed by atoms with E-state index in [0.29, 0.717) is 39.5 Å². The van der Waals surface area contributed by atoms with Gasteiger partial charge in [-0.25, -0.2) is 4.79 Å². The smallest absolute Gasteiger partial charge is 0.337 e. The maximum Gasteiger partial charge on any atom is 0.337 e. The number of methoxy groups -OCH3 is 1. The van der Waals surface area contributed by atoms with Crippen LogP contribution in [0.3, 0.4) is 0 Å². The van der Waals surface area contributed by atoms with Crippen LogP contribution >= 0.6 is 39.3 Å². The number of rotatable bonds is 4. The van der Waals surface area contributed by atoms with Gasteiger partial charge in [-0.15, -0.1) is 0 Å². The highest BCUT2D eigenvalue weighted by molar-refractivity contribution is 9.10. The van der Waals surface area contributed by atoms with E-state index in [-0.39, 0.29) is 16.9 Å². The third-order valence-electron chi connectivity index (χ3n) is 3.44. The van der Waals surface area contributed by atoms with Gasteiger partial charge in [0, 0.05) is 30.1 Å². The topological polar surface area (TPSA) is 63.7 Å². The van der Waals surface area contributed by atoms with E-state index in [2.05, 4.69) is 20.7 Å². The van der Waals surface area contributed by atoms with Gasteiger partial charge < -0.3 is 9.64 Å². The lowest BCUT2D eigenvalue weighted by Crippen LogP contribution is -2.25. The van der Waals surface area contributed by atoms with Gasteiger partial charge in [0.25, 0.3) is 0 Å². The average molecular weight is 421 g/mol. The lowest BCUT2D eigenvalue weighted by atomic mass is 10.1. The normalized spacial score (nSPS) is 17.5. The van der Waals surface area contributed by atoms with Crippen molar-refractivity contribution in [3.05, 3.63) is 27.2 Å². The van der Waals surface area contributed by atoms with Gasteiger partial charge in [-0.2, -0.15) is 0 Å². The van der Waals surface area contributed by atoms with Crippen molar-refractivity contribution in [3.8, 4) is 0 Å². The fourth-order valence-electron chi connectivity index (χ4n) is 2.40. The van der Waals surface area contributed by atoms with Gasteiger partial charge >= 0.3 is 5.97 Å². The van der Waals surface area contributed by atoms with Gasteiger partial charge in [0.05, 0.1) is 23.4 Å². The quantitative estimate of drug-likeness (QED) is 0.697. The standard InChI is InChI=1S/C15H15BrClNO4S/c1-8(19)23-7-9-3-13(20)18(6-9)14-11(16)4-10(5-12(14)17)15(21)22-2/h4-5,9H,3,6-7H2,1-2H3. The van der Waals surface area contributed by atoms with Crippen LogP contribution < -0.4 is 4.90 Å². The largest absolute Gasteiger partial charge is 0.465 e. The van der Waals surface area contributed by atoms with Crippen LogP contribution in [0.2, 0.25) is 5.02 Å². The second-order valence-electron chi connectivity index (χ2n) is 5.16. The summed E-state index contributed by atoms with van der Waals surface area (Å²) in [7, 11) is 1.29. The highest BCUT2D eigenvalue weighted by Crippen LogP contribution is 2.39. The molecule has 1 fully saturated rings. The van der Waals surface area contributed by atoms with Crippen molar-refractivity contribution in [1.82, 2.24) is 0 Å². The van der Waals surface area contributed by atoms with E-state index in [1.165, 1.54) is 31.9 Å². The summed E-state index contributed by atoms with van der Waals surface area (Å²) >= 11 is 10.9. The van der Waals surface area contributed by atoms with Gasteiger partial charge in [-0.1, -0.05) is 23.4 Å². The maximum absolute atomic E-state index is 12.3. The number of amides is 1. The summed E-state index contributed by atoms with van der Waals surface area (Å²) in [5.41, 5.74) is 0.850. The van der Waals surface area contributed by atoms with Crippen molar-refractivity contribution in [2.75, 3.05) is 24.3 Å². The SMILES string of the molecule is COC(=O)c1cc(Cl)c(N2CC(CSC(C)=O)CC2=O)c(Br)c1. The summed E-state index contributed by atoms with van der Waals surface area (Å²) in [4.78, 5) is 36.5. The number of halogens is 2. The second kappa shape index (κ2) is 7.68. The Bertz CT molecular complexity index is 644. The van der Waals surface area contributed by atoms with Crippen molar-refractivity contribution >= 4 is 62.0 Å². The molecule has 1 aromatic carbocycles. The third-order valence-corrected chi connectivity index (χ3v) is 5.37. The van der Waals surface area contributed by atoms with E-state index in [1.54, 1.807) is 11.0 Å². The monoisotopic (exact) mass is 419 g/mol. The summed E-state index contributed by atoms with van der Waals surface area (Å²) in [6, 6.07) is 3.07. The number of carbonyl (C=O) groups excluding carboxylic acids is 3. The first-order valence-corrected chi connectivity index (χ1v) is 9.00. The molecule has 1 aliphatic rings. The molecule has 0 radical (unpaired) electrons. The molecule has 1 heterocycles. The zero-order chi connectivity index (χ0) is 17.1. The number of esters is 1. The van der Waals surface area contributed by atoms with Crippen LogP contribution in [-0.4, -0.2) is 36.4 Å². The van der Waals surface area contributed by atoms with E-state index in [9.17, 15) is 14.4 Å². The predicted octanol–water partition coefficient (Wildman–Crippen LogP) is 3.52. The molecule has 1 atom stereocenters. The molecule has 0 N–H and O–H groups in total. The Morgan fingerprint density at radius 1 is 1.48 bits per heavy atom. The molecular weight excluding hydrogens is 406 g/mol. The fourth-order valence-corrected chi connectivity index (χ4v) is 4.21. The van der Waals surface area contributed by atoms with Gasteiger partial charge in [0.1, 0.15) is 0 Å². The van der Waals surface area contributed by atoms with Crippen LogP contribution in [0.15, 0.2) is 16.6 Å². The summed E-state index contributed by atoms with van der Waals surface area (Å²) < 4.78 is 5.22. The summed E-state index contributed by atoms with van der Waals surface area (Å²) in [6.07, 6.45) is 0.377. The Hall–Kier alpha value is -1.05. The third kappa shape index (κ3) is 4.28. The van der Waals surface area contributed by atoms with Crippen molar-refractivity contribution in [2.24, 2.45) is 5.92 Å². The molecular formula is C15H15BrClNO4S. The van der Waals surface area contributed by atoms with Crippen molar-refractivity contribution < 1.29 is 19.1 Å². The van der Waals surface area contributed by atoms with Crippen LogP contribution in [0.4, 0.5) is 5.69 Å². The second-order valence-corrected chi connectivity index (χ2v) is 7.62. The molecule has 1 aromatic rings. The number of hydrogen-bond acceptors (Lipinski definition) is 5. The average Bonchev–Trinajstić information content (AvgIpc) is 2.84. The summed E-state index contributed by atoms with van der Waals surface area (Å²) in [5, 5.41) is 0.338. The number of thioether (sulfide) groups is 1. The molecule has 1 aliphatic heterocycles. The molecule has 1 unspecified atom stereocenters. The molecule has 1 amide bonds. The number of ether oxygens (including phenoxy) is 1. The van der Waals surface area contributed by atoms with Crippen molar-refractivity contribution in [3.63, 3.8) is 0 Å². The molecule has 0 aliphatic carbocycles. The first-order chi connectivity index (χ1) is 10.8. The Labute approximate surface area is 151 Å². The van der Waals surface area contributed by atoms with Gasteiger partial charge in [0.2, 0.25) is 5.91 Å². The van der Waals surface area contributed by atoms with E-state index < -0.39 is 5.97 Å². The van der Waals surface area contributed by atoms with E-state index >= 15 is 0 Å². The molecule has 23 heavy (non-hydrogen) atoms. The minimum atomic E-state index is -0.498. The minimum absolute atomic E-state index is 0.0394. The van der Waals surface area contributed by atoms with Crippen LogP contribution in [0.5, 0.6) is 0 Å². The zero-order valence-corrected chi connectivity index (χ0v) is 15.8. The van der Waals surface area contributed by atoms with Crippen molar-refractivity contribution in [1.29, 1.82) is 0 Å². The van der Waals surface area contributed by atoms with Gasteiger partial charge in [-0.3, -0.25) is 9.59 Å². The molecule has 124 valence electrons. The van der Waals surface area contributed by atoms with Gasteiger partial charge in [-0.05, 0) is 34.0 Å². The lowest BCUT2D eigenvalue weighted by molar-refractivity contribution is -0.117. The van der Waals surface area contributed by atoms with E-state index in [0.717, 1.165) is 0 Å². The highest BCUT2D eigenvalue weighted by Gasteiger charge is 2.33. The molecule has 0 aromatic heterocycles. The molecule has 1 saturated heterocycles. The first kappa shape index (κ1) is 18.3. The fraction of sp³-hybridized carbons (Fsp3) is 0.400. The van der Waals surface area contributed by atoms with Crippen LogP contribution in [0.25, 0.3) is 0 Å². The van der Waals surface area contributed by atoms with Gasteiger partial charge in [0.15, 0.2) is 5.12 Å². The minimum Gasteiger partial charge on any atom is -0.465 e. The molecule has 2 rings (SSSR count). The molecule has 0 saturated carbocycles.